The van der Waals surface area contributed by atoms with Gasteiger partial charge in [0.1, 0.15) is 5.75 Å². The predicted molar refractivity (Wildman–Crippen MR) is 61.5 cm³/mol. The zero-order chi connectivity index (χ0) is 13.0. The number of halogens is 2. The van der Waals surface area contributed by atoms with E-state index < -0.39 is 5.92 Å². The average Bonchev–Trinajstić information content (AvgIpc) is 2.35. The van der Waals surface area contributed by atoms with Crippen LogP contribution in [-0.4, -0.2) is 28.4 Å². The Labute approximate surface area is 103 Å². The van der Waals surface area contributed by atoms with Gasteiger partial charge in [-0.2, -0.15) is 0 Å². The lowest BCUT2D eigenvalue weighted by Gasteiger charge is -2.20. The van der Waals surface area contributed by atoms with Crippen LogP contribution in [0.25, 0.3) is 0 Å². The molecule has 1 N–H and O–H groups in total. The standard InChI is InChI=1S/C12H14F2N2O2/c13-12(14)4-1-2-10(16-17)9-3-6-15-8-11(9)18-7-5-12/h3,6,8,17H,1-2,4-5,7H2/b16-10+. The van der Waals surface area contributed by atoms with Crippen LogP contribution in [0.15, 0.2) is 23.6 Å². The van der Waals surface area contributed by atoms with Crippen LogP contribution in [0.2, 0.25) is 0 Å². The summed E-state index contributed by atoms with van der Waals surface area (Å²) in [5, 5.41) is 12.1. The smallest absolute Gasteiger partial charge is 0.251 e. The van der Waals surface area contributed by atoms with Gasteiger partial charge in [0.05, 0.1) is 18.5 Å². The fraction of sp³-hybridized carbons (Fsp3) is 0.500. The highest BCUT2D eigenvalue weighted by molar-refractivity contribution is 6.02. The van der Waals surface area contributed by atoms with E-state index in [1.807, 2.05) is 0 Å². The van der Waals surface area contributed by atoms with Crippen LogP contribution in [0, 0.1) is 0 Å². The van der Waals surface area contributed by atoms with Crippen molar-refractivity contribution in [3.05, 3.63) is 24.0 Å². The highest BCUT2D eigenvalue weighted by atomic mass is 19.3. The van der Waals surface area contributed by atoms with Gasteiger partial charge in [-0.1, -0.05) is 5.16 Å². The Kier molecular flexibility index (Phi) is 3.74. The molecule has 0 aromatic carbocycles. The minimum Gasteiger partial charge on any atom is -0.491 e. The SMILES string of the molecule is O/N=C1\CCCC(F)(F)CCOc2cnccc21. The summed E-state index contributed by atoms with van der Waals surface area (Å²) in [6.45, 7) is -0.0790. The maximum atomic E-state index is 13.4. The van der Waals surface area contributed by atoms with Gasteiger partial charge in [0.2, 0.25) is 0 Å². The number of hydrogen-bond donors (Lipinski definition) is 1. The van der Waals surface area contributed by atoms with Crippen molar-refractivity contribution in [3.63, 3.8) is 0 Å². The number of ether oxygens (including phenoxy) is 1. The third-order valence-corrected chi connectivity index (χ3v) is 2.90. The van der Waals surface area contributed by atoms with Crippen LogP contribution in [0.3, 0.4) is 0 Å². The van der Waals surface area contributed by atoms with Crippen molar-refractivity contribution < 1.29 is 18.7 Å². The molecule has 0 radical (unpaired) electrons. The second kappa shape index (κ2) is 5.29. The number of hydrogen-bond acceptors (Lipinski definition) is 4. The molecule has 6 heteroatoms. The van der Waals surface area contributed by atoms with Crippen LogP contribution in [0.1, 0.15) is 31.2 Å². The Morgan fingerprint density at radius 1 is 1.39 bits per heavy atom. The van der Waals surface area contributed by atoms with E-state index in [4.69, 9.17) is 9.94 Å². The molecule has 98 valence electrons. The minimum absolute atomic E-state index is 0.0790. The van der Waals surface area contributed by atoms with E-state index in [2.05, 4.69) is 10.1 Å². The highest BCUT2D eigenvalue weighted by Crippen LogP contribution is 2.29. The van der Waals surface area contributed by atoms with Gasteiger partial charge in [0, 0.05) is 24.6 Å². The van der Waals surface area contributed by atoms with Gasteiger partial charge in [-0.25, -0.2) is 8.78 Å². The van der Waals surface area contributed by atoms with Gasteiger partial charge in [-0.05, 0) is 18.9 Å². The van der Waals surface area contributed by atoms with E-state index in [0.29, 0.717) is 17.0 Å². The first-order valence-corrected chi connectivity index (χ1v) is 5.78. The summed E-state index contributed by atoms with van der Waals surface area (Å²) in [7, 11) is 0. The van der Waals surface area contributed by atoms with Crippen molar-refractivity contribution in [2.75, 3.05) is 6.61 Å². The predicted octanol–water partition coefficient (Wildman–Crippen LogP) is 2.85. The highest BCUT2D eigenvalue weighted by Gasteiger charge is 2.29. The summed E-state index contributed by atoms with van der Waals surface area (Å²) < 4.78 is 32.0. The minimum atomic E-state index is -2.74. The van der Waals surface area contributed by atoms with Crippen molar-refractivity contribution >= 4 is 5.71 Å². The molecule has 0 atom stereocenters. The van der Waals surface area contributed by atoms with E-state index in [-0.39, 0.29) is 32.3 Å². The maximum Gasteiger partial charge on any atom is 0.251 e. The first-order valence-electron chi connectivity index (χ1n) is 5.78. The summed E-state index contributed by atoms with van der Waals surface area (Å²) in [5.41, 5.74) is 0.961. The normalized spacial score (nSPS) is 22.0. The Hall–Kier alpha value is -1.72. The number of pyridine rings is 1. The van der Waals surface area contributed by atoms with Crippen LogP contribution in [0.5, 0.6) is 5.75 Å². The van der Waals surface area contributed by atoms with E-state index in [0.717, 1.165) is 0 Å². The molecule has 0 saturated carbocycles. The molecule has 1 aromatic heterocycles. The molecule has 0 amide bonds. The van der Waals surface area contributed by atoms with Gasteiger partial charge in [-0.15, -0.1) is 0 Å². The van der Waals surface area contributed by atoms with E-state index in [1.165, 1.54) is 6.20 Å². The molecule has 1 aromatic rings. The van der Waals surface area contributed by atoms with Gasteiger partial charge in [0.15, 0.2) is 0 Å². The maximum absolute atomic E-state index is 13.4. The fourth-order valence-electron chi connectivity index (χ4n) is 1.92. The molecule has 0 fully saturated rings. The number of fused-ring (bicyclic) bond motifs is 1. The molecular formula is C12H14F2N2O2. The van der Waals surface area contributed by atoms with E-state index in [9.17, 15) is 8.78 Å². The monoisotopic (exact) mass is 256 g/mol. The average molecular weight is 256 g/mol. The summed E-state index contributed by atoms with van der Waals surface area (Å²) in [5.74, 6) is -2.36. The van der Waals surface area contributed by atoms with Gasteiger partial charge < -0.3 is 9.94 Å². The quantitative estimate of drug-likeness (QED) is 0.573. The molecule has 0 bridgehead atoms. The summed E-state index contributed by atoms with van der Waals surface area (Å²) >= 11 is 0. The van der Waals surface area contributed by atoms with Crippen molar-refractivity contribution in [3.8, 4) is 5.75 Å². The molecule has 0 spiro atoms. The third kappa shape index (κ3) is 2.94. The second-order valence-electron chi connectivity index (χ2n) is 4.23. The van der Waals surface area contributed by atoms with Crippen molar-refractivity contribution in [2.45, 2.75) is 31.6 Å². The summed E-state index contributed by atoms with van der Waals surface area (Å²) in [4.78, 5) is 3.88. The molecule has 0 saturated heterocycles. The van der Waals surface area contributed by atoms with Crippen molar-refractivity contribution in [2.24, 2.45) is 5.16 Å². The number of rotatable bonds is 0. The van der Waals surface area contributed by atoms with Crippen LogP contribution >= 0.6 is 0 Å². The number of oxime groups is 1. The zero-order valence-corrected chi connectivity index (χ0v) is 9.77. The zero-order valence-electron chi connectivity index (χ0n) is 9.77. The number of alkyl halides is 2. The Morgan fingerprint density at radius 3 is 3.00 bits per heavy atom. The lowest BCUT2D eigenvalue weighted by atomic mass is 10.0. The molecule has 1 aliphatic heterocycles. The first kappa shape index (κ1) is 12.7. The second-order valence-corrected chi connectivity index (χ2v) is 4.23. The molecule has 2 rings (SSSR count). The summed E-state index contributed by atoms with van der Waals surface area (Å²) in [6.07, 6.45) is 3.01. The van der Waals surface area contributed by atoms with Gasteiger partial charge in [-0.3, -0.25) is 4.98 Å². The lowest BCUT2D eigenvalue weighted by molar-refractivity contribution is -0.0278. The Morgan fingerprint density at radius 2 is 2.22 bits per heavy atom. The van der Waals surface area contributed by atoms with E-state index >= 15 is 0 Å². The van der Waals surface area contributed by atoms with Crippen LogP contribution < -0.4 is 4.74 Å². The molecule has 4 nitrogen and oxygen atoms in total. The molecular weight excluding hydrogens is 242 g/mol. The first-order chi connectivity index (χ1) is 8.62. The third-order valence-electron chi connectivity index (χ3n) is 2.90. The largest absolute Gasteiger partial charge is 0.491 e. The lowest BCUT2D eigenvalue weighted by Crippen LogP contribution is -2.22. The molecule has 2 heterocycles. The fourth-order valence-corrected chi connectivity index (χ4v) is 1.92. The molecule has 0 aliphatic carbocycles. The molecule has 0 unspecified atom stereocenters. The van der Waals surface area contributed by atoms with Gasteiger partial charge >= 0.3 is 0 Å². The molecule has 18 heavy (non-hydrogen) atoms. The number of nitrogens with zero attached hydrogens (tertiary/aromatic N) is 2. The Bertz CT molecular complexity index is 449. The van der Waals surface area contributed by atoms with Gasteiger partial charge in [0.25, 0.3) is 5.92 Å². The Balaban J connectivity index is 2.28. The van der Waals surface area contributed by atoms with E-state index in [1.54, 1.807) is 12.3 Å². The van der Waals surface area contributed by atoms with Crippen molar-refractivity contribution in [1.29, 1.82) is 0 Å². The summed E-state index contributed by atoms with van der Waals surface area (Å²) in [6, 6.07) is 1.66. The number of aromatic nitrogens is 1. The van der Waals surface area contributed by atoms with Crippen molar-refractivity contribution in [1.82, 2.24) is 4.98 Å². The van der Waals surface area contributed by atoms with Crippen LogP contribution in [0.4, 0.5) is 8.78 Å². The molecule has 1 aliphatic rings. The van der Waals surface area contributed by atoms with Crippen LogP contribution in [-0.2, 0) is 0 Å². The topological polar surface area (TPSA) is 54.7 Å².